The van der Waals surface area contributed by atoms with Gasteiger partial charge < -0.3 is 10.6 Å². The molecule has 122 valence electrons. The van der Waals surface area contributed by atoms with Gasteiger partial charge in [-0.05, 0) is 35.1 Å². The van der Waals surface area contributed by atoms with Crippen molar-refractivity contribution >= 4 is 22.9 Å². The number of hydrogen-bond donors (Lipinski definition) is 2. The molecule has 0 saturated heterocycles. The molecule has 0 aliphatic carbocycles. The van der Waals surface area contributed by atoms with Gasteiger partial charge in [0.2, 0.25) is 0 Å². The van der Waals surface area contributed by atoms with E-state index in [9.17, 15) is 4.79 Å². The Morgan fingerprint density at radius 2 is 1.75 bits per heavy atom. The summed E-state index contributed by atoms with van der Waals surface area (Å²) in [4.78, 5) is 13.5. The average molecular weight is 337 g/mol. The summed E-state index contributed by atoms with van der Waals surface area (Å²) in [5.74, 6) is 0.0343. The first-order chi connectivity index (χ1) is 11.8. The molecule has 0 saturated carbocycles. The number of quaternary nitrogens is 1. The van der Waals surface area contributed by atoms with E-state index in [1.807, 2.05) is 47.8 Å². The number of para-hydroxylation sites is 1. The highest BCUT2D eigenvalue weighted by Gasteiger charge is 2.09. The number of carbonyl (C=O) groups excluding carboxylic acids is 1. The highest BCUT2D eigenvalue weighted by molar-refractivity contribution is 7.09. The highest BCUT2D eigenvalue weighted by Crippen LogP contribution is 2.18. The molecule has 1 aromatic heterocycles. The lowest BCUT2D eigenvalue weighted by atomic mass is 10.0. The lowest BCUT2D eigenvalue weighted by Gasteiger charge is -2.11. The second-order valence-electron chi connectivity index (χ2n) is 5.64. The fourth-order valence-corrected chi connectivity index (χ4v) is 3.29. The Kier molecular flexibility index (Phi) is 5.77. The molecule has 3 nitrogen and oxygen atoms in total. The number of hydrogen-bond acceptors (Lipinski definition) is 2. The molecule has 1 amide bonds. The molecule has 0 atom stereocenters. The average Bonchev–Trinajstić information content (AvgIpc) is 3.11. The van der Waals surface area contributed by atoms with Gasteiger partial charge in [0.05, 0.1) is 4.88 Å². The Bertz CT molecular complexity index is 769. The van der Waals surface area contributed by atoms with Crippen LogP contribution in [0.3, 0.4) is 0 Å². The van der Waals surface area contributed by atoms with Gasteiger partial charge in [0, 0.05) is 5.69 Å². The van der Waals surface area contributed by atoms with Crippen LogP contribution in [0.2, 0.25) is 0 Å². The minimum atomic E-state index is 0.0343. The van der Waals surface area contributed by atoms with E-state index in [0.717, 1.165) is 24.2 Å². The van der Waals surface area contributed by atoms with E-state index in [2.05, 4.69) is 35.0 Å². The molecule has 24 heavy (non-hydrogen) atoms. The predicted molar refractivity (Wildman–Crippen MR) is 99.1 cm³/mol. The minimum Gasteiger partial charge on any atom is -0.334 e. The first kappa shape index (κ1) is 16.4. The van der Waals surface area contributed by atoms with Gasteiger partial charge in [-0.2, -0.15) is 0 Å². The van der Waals surface area contributed by atoms with Crippen LogP contribution >= 0.6 is 11.3 Å². The van der Waals surface area contributed by atoms with Crippen LogP contribution in [-0.2, 0) is 17.8 Å². The SMILES string of the molecule is O=C(C[NH2+]Cc1cccs1)Nc1ccccc1Cc1ccccc1. The molecule has 2 aromatic carbocycles. The fraction of sp³-hybridized carbons (Fsp3) is 0.150. The van der Waals surface area contributed by atoms with Crippen molar-refractivity contribution in [2.45, 2.75) is 13.0 Å². The monoisotopic (exact) mass is 337 g/mol. The maximum Gasteiger partial charge on any atom is 0.279 e. The van der Waals surface area contributed by atoms with E-state index in [1.54, 1.807) is 11.3 Å². The van der Waals surface area contributed by atoms with Crippen LogP contribution in [0.4, 0.5) is 5.69 Å². The van der Waals surface area contributed by atoms with Crippen LogP contribution in [-0.4, -0.2) is 12.5 Å². The first-order valence-electron chi connectivity index (χ1n) is 8.07. The summed E-state index contributed by atoms with van der Waals surface area (Å²) in [6.07, 6.45) is 0.816. The molecular weight excluding hydrogens is 316 g/mol. The molecule has 0 spiro atoms. The van der Waals surface area contributed by atoms with Gasteiger partial charge >= 0.3 is 0 Å². The van der Waals surface area contributed by atoms with Gasteiger partial charge in [-0.3, -0.25) is 4.79 Å². The zero-order valence-corrected chi connectivity index (χ0v) is 14.3. The van der Waals surface area contributed by atoms with Crippen molar-refractivity contribution in [2.24, 2.45) is 0 Å². The summed E-state index contributed by atoms with van der Waals surface area (Å²) in [5.41, 5.74) is 3.27. The van der Waals surface area contributed by atoms with Gasteiger partial charge in [0.25, 0.3) is 5.91 Å². The van der Waals surface area contributed by atoms with E-state index in [1.165, 1.54) is 10.4 Å². The largest absolute Gasteiger partial charge is 0.334 e. The Morgan fingerprint density at radius 1 is 0.958 bits per heavy atom. The van der Waals surface area contributed by atoms with Crippen molar-refractivity contribution in [3.63, 3.8) is 0 Å². The van der Waals surface area contributed by atoms with Crippen molar-refractivity contribution in [1.29, 1.82) is 0 Å². The molecule has 0 unspecified atom stereocenters. The number of nitrogens with two attached hydrogens (primary N) is 1. The molecule has 1 heterocycles. The van der Waals surface area contributed by atoms with Gasteiger partial charge in [-0.1, -0.05) is 54.6 Å². The predicted octanol–water partition coefficient (Wildman–Crippen LogP) is 3.04. The van der Waals surface area contributed by atoms with Crippen molar-refractivity contribution in [1.82, 2.24) is 0 Å². The van der Waals surface area contributed by atoms with E-state index in [-0.39, 0.29) is 5.91 Å². The van der Waals surface area contributed by atoms with Crippen LogP contribution in [0.25, 0.3) is 0 Å². The summed E-state index contributed by atoms with van der Waals surface area (Å²) >= 11 is 1.72. The fourth-order valence-electron chi connectivity index (χ4n) is 2.59. The molecular formula is C20H21N2OS+. The van der Waals surface area contributed by atoms with Crippen molar-refractivity contribution in [2.75, 3.05) is 11.9 Å². The van der Waals surface area contributed by atoms with Crippen molar-refractivity contribution in [3.8, 4) is 0 Å². The van der Waals surface area contributed by atoms with Crippen LogP contribution in [0.5, 0.6) is 0 Å². The Hall–Kier alpha value is -2.43. The molecule has 0 fully saturated rings. The Morgan fingerprint density at radius 3 is 2.54 bits per heavy atom. The Labute approximate surface area is 146 Å². The smallest absolute Gasteiger partial charge is 0.279 e. The number of thiophene rings is 1. The standard InChI is InChI=1S/C20H20N2OS/c23-20(15-21-14-18-10-6-12-24-18)22-19-11-5-4-9-17(19)13-16-7-2-1-3-8-16/h1-12,21H,13-15H2,(H,22,23)/p+1. The zero-order chi connectivity index (χ0) is 16.6. The molecule has 3 N–H and O–H groups in total. The lowest BCUT2D eigenvalue weighted by Crippen LogP contribution is -2.84. The van der Waals surface area contributed by atoms with E-state index < -0.39 is 0 Å². The summed E-state index contributed by atoms with van der Waals surface area (Å²) in [6, 6.07) is 22.4. The van der Waals surface area contributed by atoms with E-state index >= 15 is 0 Å². The molecule has 0 radical (unpaired) electrons. The molecule has 3 rings (SSSR count). The third-order valence-corrected chi connectivity index (χ3v) is 4.68. The van der Waals surface area contributed by atoms with Crippen LogP contribution in [0, 0.1) is 0 Å². The van der Waals surface area contributed by atoms with Crippen molar-refractivity contribution < 1.29 is 10.1 Å². The quantitative estimate of drug-likeness (QED) is 0.684. The molecule has 0 aliphatic heterocycles. The summed E-state index contributed by atoms with van der Waals surface area (Å²) in [6.45, 7) is 1.27. The van der Waals surface area contributed by atoms with Crippen LogP contribution in [0.15, 0.2) is 72.1 Å². The topological polar surface area (TPSA) is 45.7 Å². The number of nitrogens with one attached hydrogen (secondary N) is 1. The maximum atomic E-state index is 12.2. The second kappa shape index (κ2) is 8.43. The summed E-state index contributed by atoms with van der Waals surface area (Å²) < 4.78 is 0. The third-order valence-electron chi connectivity index (χ3n) is 3.78. The number of amides is 1. The third kappa shape index (κ3) is 4.78. The number of rotatable bonds is 7. The zero-order valence-electron chi connectivity index (χ0n) is 13.4. The molecule has 3 aromatic rings. The number of carbonyl (C=O) groups is 1. The minimum absolute atomic E-state index is 0.0343. The molecule has 4 heteroatoms. The van der Waals surface area contributed by atoms with E-state index in [0.29, 0.717) is 6.54 Å². The lowest BCUT2D eigenvalue weighted by molar-refractivity contribution is -0.659. The van der Waals surface area contributed by atoms with Crippen molar-refractivity contribution in [3.05, 3.63) is 88.1 Å². The van der Waals surface area contributed by atoms with E-state index in [4.69, 9.17) is 0 Å². The highest BCUT2D eigenvalue weighted by atomic mass is 32.1. The van der Waals surface area contributed by atoms with Crippen LogP contribution in [0.1, 0.15) is 16.0 Å². The van der Waals surface area contributed by atoms with Crippen LogP contribution < -0.4 is 10.6 Å². The summed E-state index contributed by atoms with van der Waals surface area (Å²) in [7, 11) is 0. The maximum absolute atomic E-state index is 12.2. The van der Waals surface area contributed by atoms with Gasteiger partial charge in [0.1, 0.15) is 6.54 Å². The first-order valence-corrected chi connectivity index (χ1v) is 8.95. The summed E-state index contributed by atoms with van der Waals surface area (Å²) in [5, 5.41) is 7.13. The normalized spacial score (nSPS) is 10.5. The van der Waals surface area contributed by atoms with Gasteiger partial charge in [-0.15, -0.1) is 11.3 Å². The number of benzene rings is 2. The van der Waals surface area contributed by atoms with Gasteiger partial charge in [-0.25, -0.2) is 0 Å². The number of anilines is 1. The molecule has 0 aliphatic rings. The Balaban J connectivity index is 1.57. The second-order valence-corrected chi connectivity index (χ2v) is 6.68. The van der Waals surface area contributed by atoms with Gasteiger partial charge in [0.15, 0.2) is 6.54 Å². The molecule has 0 bridgehead atoms.